The maximum atomic E-state index is 5.12. The van der Waals surface area contributed by atoms with E-state index in [2.05, 4.69) is 40.8 Å². The van der Waals surface area contributed by atoms with Gasteiger partial charge in [-0.1, -0.05) is 30.2 Å². The normalized spacial score (nSPS) is 13.3. The molecular formula is C9H12N4S2. The third-order valence-electron chi connectivity index (χ3n) is 2.24. The van der Waals surface area contributed by atoms with Crippen LogP contribution in [-0.2, 0) is 0 Å². The van der Waals surface area contributed by atoms with Crippen molar-refractivity contribution < 1.29 is 0 Å². The fourth-order valence-corrected chi connectivity index (χ4v) is 2.78. The molecule has 2 aromatic heterocycles. The van der Waals surface area contributed by atoms with E-state index in [0.717, 1.165) is 0 Å². The molecule has 6 heteroatoms. The Morgan fingerprint density at radius 1 is 1.53 bits per heavy atom. The maximum absolute atomic E-state index is 5.12. The van der Waals surface area contributed by atoms with Gasteiger partial charge in [0, 0.05) is 4.88 Å². The molecule has 0 saturated carbocycles. The lowest BCUT2D eigenvalue weighted by atomic mass is 10.0. The first-order valence-corrected chi connectivity index (χ1v) is 6.02. The monoisotopic (exact) mass is 240 g/mol. The van der Waals surface area contributed by atoms with Gasteiger partial charge in [-0.05, 0) is 29.6 Å². The summed E-state index contributed by atoms with van der Waals surface area (Å²) in [5, 5.41) is 12.4. The van der Waals surface area contributed by atoms with Gasteiger partial charge in [-0.15, -0.1) is 11.3 Å². The van der Waals surface area contributed by atoms with E-state index in [4.69, 9.17) is 12.2 Å². The second kappa shape index (κ2) is 4.24. The number of hydrogen-bond donors (Lipinski definition) is 1. The van der Waals surface area contributed by atoms with Crippen LogP contribution in [-0.4, -0.2) is 20.2 Å². The summed E-state index contributed by atoms with van der Waals surface area (Å²) < 4.78 is 2.34. The predicted octanol–water partition coefficient (Wildman–Crippen LogP) is 2.64. The Kier molecular flexibility index (Phi) is 2.97. The first-order valence-electron chi connectivity index (χ1n) is 4.73. The van der Waals surface area contributed by atoms with Crippen LogP contribution in [0.4, 0.5) is 0 Å². The van der Waals surface area contributed by atoms with Gasteiger partial charge < -0.3 is 0 Å². The number of thiophene rings is 1. The second-order valence-electron chi connectivity index (χ2n) is 3.66. The van der Waals surface area contributed by atoms with Gasteiger partial charge in [0.1, 0.15) is 0 Å². The fraction of sp³-hybridized carbons (Fsp3) is 0.444. The number of aromatic nitrogens is 4. The molecule has 0 radical (unpaired) electrons. The quantitative estimate of drug-likeness (QED) is 0.839. The summed E-state index contributed by atoms with van der Waals surface area (Å²) in [7, 11) is 0. The average molecular weight is 240 g/mol. The Morgan fingerprint density at radius 2 is 2.33 bits per heavy atom. The van der Waals surface area contributed by atoms with Crippen LogP contribution < -0.4 is 0 Å². The zero-order chi connectivity index (χ0) is 10.8. The highest BCUT2D eigenvalue weighted by atomic mass is 32.1. The largest absolute Gasteiger partial charge is 0.238 e. The van der Waals surface area contributed by atoms with E-state index < -0.39 is 0 Å². The maximum Gasteiger partial charge on any atom is 0.238 e. The number of tetrazole rings is 1. The summed E-state index contributed by atoms with van der Waals surface area (Å²) in [6.45, 7) is 4.32. The Balaban J connectivity index is 2.46. The third kappa shape index (κ3) is 2.00. The summed E-state index contributed by atoms with van der Waals surface area (Å²) in [5.74, 6) is 0.442. The fourth-order valence-electron chi connectivity index (χ4n) is 1.60. The van der Waals surface area contributed by atoms with Gasteiger partial charge in [-0.3, -0.25) is 0 Å². The lowest BCUT2D eigenvalue weighted by molar-refractivity contribution is 0.396. The van der Waals surface area contributed by atoms with E-state index in [-0.39, 0.29) is 6.04 Å². The highest BCUT2D eigenvalue weighted by molar-refractivity contribution is 7.71. The van der Waals surface area contributed by atoms with E-state index in [1.54, 1.807) is 11.3 Å². The molecule has 1 unspecified atom stereocenters. The molecule has 15 heavy (non-hydrogen) atoms. The molecule has 0 fully saturated rings. The van der Waals surface area contributed by atoms with Crippen LogP contribution in [0.2, 0.25) is 0 Å². The van der Waals surface area contributed by atoms with Gasteiger partial charge in [-0.2, -0.15) is 5.21 Å². The number of nitrogens with zero attached hydrogens (tertiary/aromatic N) is 3. The van der Waals surface area contributed by atoms with Crippen molar-refractivity contribution in [3.8, 4) is 0 Å². The van der Waals surface area contributed by atoms with Crippen molar-refractivity contribution in [2.75, 3.05) is 0 Å². The minimum Gasteiger partial charge on any atom is -0.234 e. The van der Waals surface area contributed by atoms with Gasteiger partial charge in [0.2, 0.25) is 4.77 Å². The van der Waals surface area contributed by atoms with Gasteiger partial charge in [0.05, 0.1) is 6.04 Å². The van der Waals surface area contributed by atoms with Gasteiger partial charge in [-0.25, -0.2) is 4.68 Å². The van der Waals surface area contributed by atoms with Crippen molar-refractivity contribution in [2.45, 2.75) is 19.9 Å². The summed E-state index contributed by atoms with van der Waals surface area (Å²) in [4.78, 5) is 1.27. The lowest BCUT2D eigenvalue weighted by Gasteiger charge is -2.19. The van der Waals surface area contributed by atoms with Crippen LogP contribution in [0.3, 0.4) is 0 Å². The van der Waals surface area contributed by atoms with E-state index in [9.17, 15) is 0 Å². The Bertz CT molecular complexity index is 468. The van der Waals surface area contributed by atoms with Crippen molar-refractivity contribution >= 4 is 23.6 Å². The zero-order valence-electron chi connectivity index (χ0n) is 8.54. The highest BCUT2D eigenvalue weighted by Gasteiger charge is 2.20. The topological polar surface area (TPSA) is 46.5 Å². The molecule has 0 spiro atoms. The molecule has 4 nitrogen and oxygen atoms in total. The van der Waals surface area contributed by atoms with Crippen molar-refractivity contribution in [2.24, 2.45) is 5.92 Å². The molecule has 0 aliphatic carbocycles. The minimum absolute atomic E-state index is 0.201. The van der Waals surface area contributed by atoms with E-state index in [0.29, 0.717) is 10.7 Å². The number of nitrogens with one attached hydrogen (secondary N) is 1. The summed E-state index contributed by atoms with van der Waals surface area (Å²) in [6, 6.07) is 4.35. The molecule has 0 aliphatic heterocycles. The van der Waals surface area contributed by atoms with Crippen molar-refractivity contribution in [1.29, 1.82) is 0 Å². The molecule has 2 aromatic rings. The molecule has 1 N–H and O–H groups in total. The Hall–Kier alpha value is -1.01. The van der Waals surface area contributed by atoms with Crippen LogP contribution >= 0.6 is 23.6 Å². The molecule has 0 saturated heterocycles. The third-order valence-corrected chi connectivity index (χ3v) is 3.46. The smallest absolute Gasteiger partial charge is 0.234 e. The molecular weight excluding hydrogens is 228 g/mol. The van der Waals surface area contributed by atoms with E-state index in [1.165, 1.54) is 4.88 Å². The molecule has 0 amide bonds. The number of rotatable bonds is 3. The number of H-pyrrole nitrogens is 1. The molecule has 2 heterocycles. The van der Waals surface area contributed by atoms with Gasteiger partial charge in [0.25, 0.3) is 0 Å². The lowest BCUT2D eigenvalue weighted by Crippen LogP contribution is -2.17. The summed E-state index contributed by atoms with van der Waals surface area (Å²) in [5.41, 5.74) is 0. The van der Waals surface area contributed by atoms with Crippen LogP contribution in [0.25, 0.3) is 0 Å². The standard InChI is InChI=1S/C9H12N4S2/c1-6(2)8(7-4-3-5-15-7)13-9(14)10-11-12-13/h3-6,8H,1-2H3,(H,10,12,14). The van der Waals surface area contributed by atoms with Crippen LogP contribution in [0, 0.1) is 10.7 Å². The van der Waals surface area contributed by atoms with Crippen LogP contribution in [0.5, 0.6) is 0 Å². The molecule has 80 valence electrons. The highest BCUT2D eigenvalue weighted by Crippen LogP contribution is 2.28. The minimum atomic E-state index is 0.201. The first-order chi connectivity index (χ1) is 7.20. The van der Waals surface area contributed by atoms with Crippen molar-refractivity contribution in [3.63, 3.8) is 0 Å². The van der Waals surface area contributed by atoms with Crippen molar-refractivity contribution in [1.82, 2.24) is 20.2 Å². The zero-order valence-corrected chi connectivity index (χ0v) is 10.2. The SMILES string of the molecule is CC(C)C(c1cccs1)n1[nH]nnc1=S. The molecule has 0 aliphatic rings. The van der Waals surface area contributed by atoms with Crippen molar-refractivity contribution in [3.05, 3.63) is 27.2 Å². The molecule has 1 atom stereocenters. The van der Waals surface area contributed by atoms with Gasteiger partial charge >= 0.3 is 0 Å². The van der Waals surface area contributed by atoms with Gasteiger partial charge in [0.15, 0.2) is 0 Å². The molecule has 2 rings (SSSR count). The van der Waals surface area contributed by atoms with Crippen LogP contribution in [0.1, 0.15) is 24.8 Å². The predicted molar refractivity (Wildman–Crippen MR) is 62.5 cm³/mol. The number of hydrogen-bond acceptors (Lipinski definition) is 4. The summed E-state index contributed by atoms with van der Waals surface area (Å²) >= 11 is 6.84. The van der Waals surface area contributed by atoms with E-state index in [1.807, 2.05) is 10.7 Å². The second-order valence-corrected chi connectivity index (χ2v) is 5.00. The average Bonchev–Trinajstić information content (AvgIpc) is 2.79. The summed E-state index contributed by atoms with van der Waals surface area (Å²) in [6.07, 6.45) is 0. The molecule has 0 aromatic carbocycles. The van der Waals surface area contributed by atoms with E-state index >= 15 is 0 Å². The Morgan fingerprint density at radius 3 is 2.80 bits per heavy atom. The van der Waals surface area contributed by atoms with Crippen LogP contribution in [0.15, 0.2) is 17.5 Å². The Labute approximate surface area is 96.9 Å². The first kappa shape index (κ1) is 10.5. The number of aromatic amines is 1. The molecule has 0 bridgehead atoms.